The third-order valence-corrected chi connectivity index (χ3v) is 5.97. The van der Waals surface area contributed by atoms with Crippen molar-refractivity contribution in [3.05, 3.63) is 59.8 Å². The fourth-order valence-electron chi connectivity index (χ4n) is 2.82. The second-order valence-electron chi connectivity index (χ2n) is 6.43. The number of piperazine rings is 1. The lowest BCUT2D eigenvalue weighted by Crippen LogP contribution is -2.51. The molecule has 28 heavy (non-hydrogen) atoms. The first-order valence-corrected chi connectivity index (χ1v) is 10.5. The van der Waals surface area contributed by atoms with Crippen molar-refractivity contribution < 1.29 is 13.2 Å². The molecule has 1 amide bonds. The van der Waals surface area contributed by atoms with E-state index in [9.17, 15) is 13.2 Å². The van der Waals surface area contributed by atoms with Gasteiger partial charge in [-0.15, -0.1) is 0 Å². The standard InChI is InChI=1S/C19H23N5O3S/c1-22(28(26,27)15-8-17-6-3-2-4-7-17)16-18(25)23-11-13-24(14-12-23)19-20-9-5-10-21-19/h2-10,15H,11-14,16H2,1H3/b15-8+. The van der Waals surface area contributed by atoms with Gasteiger partial charge < -0.3 is 9.80 Å². The molecule has 9 heteroatoms. The van der Waals surface area contributed by atoms with E-state index in [-0.39, 0.29) is 12.5 Å². The molecule has 1 aliphatic rings. The third kappa shape index (κ3) is 5.14. The summed E-state index contributed by atoms with van der Waals surface area (Å²) < 4.78 is 25.9. The number of hydrogen-bond donors (Lipinski definition) is 0. The topological polar surface area (TPSA) is 86.7 Å². The molecule has 1 aromatic heterocycles. The molecular weight excluding hydrogens is 378 g/mol. The van der Waals surface area contributed by atoms with Gasteiger partial charge in [0, 0.05) is 51.0 Å². The zero-order valence-corrected chi connectivity index (χ0v) is 16.5. The maximum atomic E-state index is 12.5. The van der Waals surface area contributed by atoms with Crippen molar-refractivity contribution in [2.75, 3.05) is 44.7 Å². The summed E-state index contributed by atoms with van der Waals surface area (Å²) in [4.78, 5) is 24.6. The minimum atomic E-state index is -3.67. The Bertz CT molecular complexity index is 911. The first kappa shape index (κ1) is 20.0. The maximum absolute atomic E-state index is 12.5. The highest BCUT2D eigenvalue weighted by Gasteiger charge is 2.25. The van der Waals surface area contributed by atoms with Gasteiger partial charge in [0.1, 0.15) is 0 Å². The van der Waals surface area contributed by atoms with Crippen LogP contribution in [0, 0.1) is 0 Å². The summed E-state index contributed by atoms with van der Waals surface area (Å²) in [6.07, 6.45) is 4.89. The third-order valence-electron chi connectivity index (χ3n) is 4.49. The molecule has 8 nitrogen and oxygen atoms in total. The molecule has 1 saturated heterocycles. The van der Waals surface area contributed by atoms with Gasteiger partial charge in [-0.05, 0) is 17.7 Å². The van der Waals surface area contributed by atoms with Crippen LogP contribution in [-0.4, -0.2) is 73.3 Å². The number of aromatic nitrogens is 2. The van der Waals surface area contributed by atoms with Crippen LogP contribution in [0.25, 0.3) is 6.08 Å². The number of hydrogen-bond acceptors (Lipinski definition) is 6. The first-order valence-electron chi connectivity index (χ1n) is 8.95. The molecule has 0 bridgehead atoms. The van der Waals surface area contributed by atoms with E-state index in [2.05, 4.69) is 9.97 Å². The fraction of sp³-hybridized carbons (Fsp3) is 0.316. The van der Waals surface area contributed by atoms with E-state index in [1.165, 1.54) is 13.1 Å². The SMILES string of the molecule is CN(CC(=O)N1CCN(c2ncccn2)CC1)S(=O)(=O)/C=C/c1ccccc1. The fourth-order valence-corrected chi connectivity index (χ4v) is 3.65. The molecule has 2 heterocycles. The van der Waals surface area contributed by atoms with Crippen LogP contribution < -0.4 is 4.90 Å². The summed E-state index contributed by atoms with van der Waals surface area (Å²) in [6, 6.07) is 10.9. The van der Waals surface area contributed by atoms with Crippen molar-refractivity contribution in [3.63, 3.8) is 0 Å². The molecule has 0 unspecified atom stereocenters. The van der Waals surface area contributed by atoms with Crippen LogP contribution in [-0.2, 0) is 14.8 Å². The Labute approximate surface area is 165 Å². The summed E-state index contributed by atoms with van der Waals surface area (Å²) in [5.74, 6) is 0.424. The van der Waals surface area contributed by atoms with Gasteiger partial charge in [-0.1, -0.05) is 30.3 Å². The van der Waals surface area contributed by atoms with Crippen LogP contribution >= 0.6 is 0 Å². The van der Waals surface area contributed by atoms with E-state index < -0.39 is 10.0 Å². The van der Waals surface area contributed by atoms with Gasteiger partial charge in [0.15, 0.2) is 0 Å². The highest BCUT2D eigenvalue weighted by atomic mass is 32.2. The number of rotatable bonds is 6. The Balaban J connectivity index is 1.53. The number of carbonyl (C=O) groups excluding carboxylic acids is 1. The first-order chi connectivity index (χ1) is 13.5. The van der Waals surface area contributed by atoms with Gasteiger partial charge in [0.25, 0.3) is 0 Å². The molecule has 1 aliphatic heterocycles. The van der Waals surface area contributed by atoms with Gasteiger partial charge in [0.05, 0.1) is 6.54 Å². The summed E-state index contributed by atoms with van der Waals surface area (Å²) >= 11 is 0. The number of carbonyl (C=O) groups is 1. The smallest absolute Gasteiger partial charge is 0.238 e. The zero-order valence-electron chi connectivity index (χ0n) is 15.7. The predicted molar refractivity (Wildman–Crippen MR) is 108 cm³/mol. The minimum Gasteiger partial charge on any atom is -0.338 e. The highest BCUT2D eigenvalue weighted by Crippen LogP contribution is 2.11. The maximum Gasteiger partial charge on any atom is 0.238 e. The normalized spacial score (nSPS) is 15.4. The van der Waals surface area contributed by atoms with Crippen molar-refractivity contribution >= 4 is 28.0 Å². The number of benzene rings is 1. The van der Waals surface area contributed by atoms with Crippen molar-refractivity contribution in [3.8, 4) is 0 Å². The van der Waals surface area contributed by atoms with Crippen molar-refractivity contribution in [1.29, 1.82) is 0 Å². The monoisotopic (exact) mass is 401 g/mol. The number of amides is 1. The second-order valence-corrected chi connectivity index (χ2v) is 8.36. The summed E-state index contributed by atoms with van der Waals surface area (Å²) in [5.41, 5.74) is 0.782. The Kier molecular flexibility index (Phi) is 6.37. The van der Waals surface area contributed by atoms with Gasteiger partial charge in [-0.3, -0.25) is 4.79 Å². The molecule has 0 N–H and O–H groups in total. The van der Waals surface area contributed by atoms with Crippen molar-refractivity contribution in [2.45, 2.75) is 0 Å². The summed E-state index contributed by atoms with van der Waals surface area (Å²) in [7, 11) is -2.26. The largest absolute Gasteiger partial charge is 0.338 e. The highest BCUT2D eigenvalue weighted by molar-refractivity contribution is 7.92. The molecule has 0 atom stereocenters. The number of sulfonamides is 1. The molecule has 0 aliphatic carbocycles. The van der Waals surface area contributed by atoms with Gasteiger partial charge in [0.2, 0.25) is 21.9 Å². The van der Waals surface area contributed by atoms with Crippen molar-refractivity contribution in [1.82, 2.24) is 19.2 Å². The average molecular weight is 401 g/mol. The lowest BCUT2D eigenvalue weighted by atomic mass is 10.2. The second kappa shape index (κ2) is 8.94. The van der Waals surface area contributed by atoms with Crippen LogP contribution in [0.5, 0.6) is 0 Å². The van der Waals surface area contributed by atoms with Gasteiger partial charge in [-0.2, -0.15) is 4.31 Å². The predicted octanol–water partition coefficient (Wildman–Crippen LogP) is 1.06. The van der Waals surface area contributed by atoms with E-state index in [0.717, 1.165) is 15.3 Å². The van der Waals surface area contributed by atoms with Crippen LogP contribution in [0.4, 0.5) is 5.95 Å². The molecule has 0 saturated carbocycles. The van der Waals surface area contributed by atoms with Gasteiger partial charge >= 0.3 is 0 Å². The van der Waals surface area contributed by atoms with Crippen molar-refractivity contribution in [2.24, 2.45) is 0 Å². The van der Waals surface area contributed by atoms with Crippen LogP contribution in [0.3, 0.4) is 0 Å². The Morgan fingerprint density at radius 1 is 1.07 bits per heavy atom. The molecule has 0 radical (unpaired) electrons. The van der Waals surface area contributed by atoms with E-state index in [0.29, 0.717) is 32.1 Å². The van der Waals surface area contributed by atoms with E-state index >= 15 is 0 Å². The Morgan fingerprint density at radius 2 is 1.71 bits per heavy atom. The van der Waals surface area contributed by atoms with E-state index in [1.807, 2.05) is 35.2 Å². The molecule has 148 valence electrons. The van der Waals surface area contributed by atoms with Gasteiger partial charge in [-0.25, -0.2) is 18.4 Å². The molecule has 0 spiro atoms. The van der Waals surface area contributed by atoms with Crippen LogP contribution in [0.1, 0.15) is 5.56 Å². The molecular formula is C19H23N5O3S. The summed E-state index contributed by atoms with van der Waals surface area (Å²) in [5, 5.41) is 1.13. The Morgan fingerprint density at radius 3 is 2.36 bits per heavy atom. The molecule has 2 aromatic rings. The lowest BCUT2D eigenvalue weighted by molar-refractivity contribution is -0.131. The molecule has 1 aromatic carbocycles. The lowest BCUT2D eigenvalue weighted by Gasteiger charge is -2.35. The number of anilines is 1. The van der Waals surface area contributed by atoms with Crippen LogP contribution in [0.15, 0.2) is 54.2 Å². The number of likely N-dealkylation sites (N-methyl/N-ethyl adjacent to an activating group) is 1. The molecule has 1 fully saturated rings. The quantitative estimate of drug-likeness (QED) is 0.719. The average Bonchev–Trinajstić information content (AvgIpc) is 2.74. The van der Waals surface area contributed by atoms with E-state index in [1.54, 1.807) is 23.4 Å². The minimum absolute atomic E-state index is 0.191. The van der Waals surface area contributed by atoms with E-state index in [4.69, 9.17) is 0 Å². The van der Waals surface area contributed by atoms with Crippen LogP contribution in [0.2, 0.25) is 0 Å². The summed E-state index contributed by atoms with van der Waals surface area (Å²) in [6.45, 7) is 2.04. The zero-order chi connectivity index (χ0) is 20.0. The Hall–Kier alpha value is -2.78. The molecule has 3 rings (SSSR count). The number of nitrogens with zero attached hydrogens (tertiary/aromatic N) is 5.